The number of sulfonamides is 1. The number of halogens is 4. The normalized spacial score (nSPS) is 12.8. The Hall–Kier alpha value is -0.830. The van der Waals surface area contributed by atoms with E-state index in [1.165, 1.54) is 13.8 Å². The number of nitrogens with one attached hydrogen (secondary N) is 1. The standard InChI is InChI=1S/C9H10BrF3N2O2S/c1-5(2)18(16,17)15-6-3-4-7(9(11,12)13)14-8(6)10/h3-5,15H,1-2H3. The monoisotopic (exact) mass is 346 g/mol. The van der Waals surface area contributed by atoms with Crippen LogP contribution >= 0.6 is 15.9 Å². The van der Waals surface area contributed by atoms with E-state index >= 15 is 0 Å². The minimum absolute atomic E-state index is 0.0308. The summed E-state index contributed by atoms with van der Waals surface area (Å²) in [6.07, 6.45) is -4.57. The third kappa shape index (κ3) is 3.58. The molecule has 1 rings (SSSR count). The lowest BCUT2D eigenvalue weighted by atomic mass is 10.3. The van der Waals surface area contributed by atoms with Crippen molar-refractivity contribution in [3.05, 3.63) is 22.4 Å². The summed E-state index contributed by atoms with van der Waals surface area (Å²) in [5.41, 5.74) is -1.13. The van der Waals surface area contributed by atoms with Gasteiger partial charge in [-0.3, -0.25) is 4.72 Å². The van der Waals surface area contributed by atoms with Crippen LogP contribution in [0.4, 0.5) is 18.9 Å². The molecule has 9 heteroatoms. The molecule has 1 heterocycles. The Morgan fingerprint density at radius 2 is 1.89 bits per heavy atom. The van der Waals surface area contributed by atoms with E-state index in [2.05, 4.69) is 25.6 Å². The first kappa shape index (κ1) is 15.2. The van der Waals surface area contributed by atoms with Gasteiger partial charge in [0.1, 0.15) is 10.3 Å². The van der Waals surface area contributed by atoms with Crippen LogP contribution in [0.25, 0.3) is 0 Å². The summed E-state index contributed by atoms with van der Waals surface area (Å²) in [5, 5.41) is -0.702. The summed E-state index contributed by atoms with van der Waals surface area (Å²) < 4.78 is 62.1. The van der Waals surface area contributed by atoms with Gasteiger partial charge in [0, 0.05) is 0 Å². The van der Waals surface area contributed by atoms with Crippen molar-refractivity contribution in [1.82, 2.24) is 4.98 Å². The van der Waals surface area contributed by atoms with E-state index in [0.29, 0.717) is 6.07 Å². The Balaban J connectivity index is 3.09. The maximum atomic E-state index is 12.3. The highest BCUT2D eigenvalue weighted by Gasteiger charge is 2.33. The van der Waals surface area contributed by atoms with Crippen molar-refractivity contribution in [2.24, 2.45) is 0 Å². The maximum absolute atomic E-state index is 12.3. The first-order valence-corrected chi connectivity index (χ1v) is 7.13. The number of anilines is 1. The van der Waals surface area contributed by atoms with Crippen LogP contribution < -0.4 is 4.72 Å². The molecular weight excluding hydrogens is 337 g/mol. The Morgan fingerprint density at radius 3 is 2.28 bits per heavy atom. The van der Waals surface area contributed by atoms with E-state index in [4.69, 9.17) is 0 Å². The van der Waals surface area contributed by atoms with Crippen LogP contribution in [0, 0.1) is 0 Å². The van der Waals surface area contributed by atoms with E-state index in [-0.39, 0.29) is 10.3 Å². The largest absolute Gasteiger partial charge is 0.433 e. The molecule has 1 aromatic rings. The minimum Gasteiger partial charge on any atom is -0.281 e. The van der Waals surface area contributed by atoms with Crippen molar-refractivity contribution in [3.63, 3.8) is 0 Å². The molecule has 0 aliphatic heterocycles. The summed E-state index contributed by atoms with van der Waals surface area (Å²) in [5.74, 6) is 0. The van der Waals surface area contributed by atoms with Crippen molar-refractivity contribution in [2.75, 3.05) is 4.72 Å². The molecule has 0 spiro atoms. The topological polar surface area (TPSA) is 59.1 Å². The molecule has 0 aromatic carbocycles. The average Bonchev–Trinajstić information content (AvgIpc) is 2.19. The van der Waals surface area contributed by atoms with Crippen molar-refractivity contribution in [2.45, 2.75) is 25.3 Å². The maximum Gasteiger partial charge on any atom is 0.433 e. The molecule has 18 heavy (non-hydrogen) atoms. The number of hydrogen-bond donors (Lipinski definition) is 1. The number of pyridine rings is 1. The summed E-state index contributed by atoms with van der Waals surface area (Å²) in [4.78, 5) is 3.25. The second-order valence-electron chi connectivity index (χ2n) is 3.73. The lowest BCUT2D eigenvalue weighted by Crippen LogP contribution is -2.23. The van der Waals surface area contributed by atoms with Gasteiger partial charge >= 0.3 is 6.18 Å². The van der Waals surface area contributed by atoms with Gasteiger partial charge in [-0.2, -0.15) is 13.2 Å². The van der Waals surface area contributed by atoms with Crippen molar-refractivity contribution in [1.29, 1.82) is 0 Å². The van der Waals surface area contributed by atoms with Crippen LogP contribution in [0.5, 0.6) is 0 Å². The number of hydrogen-bond acceptors (Lipinski definition) is 3. The fraction of sp³-hybridized carbons (Fsp3) is 0.444. The van der Waals surface area contributed by atoms with Gasteiger partial charge in [-0.1, -0.05) is 0 Å². The molecule has 0 aliphatic carbocycles. The summed E-state index contributed by atoms with van der Waals surface area (Å²) in [7, 11) is -3.62. The summed E-state index contributed by atoms with van der Waals surface area (Å²) in [6.45, 7) is 2.90. The molecule has 1 N–H and O–H groups in total. The second-order valence-corrected chi connectivity index (χ2v) is 6.72. The van der Waals surface area contributed by atoms with Crippen LogP contribution in [0.1, 0.15) is 19.5 Å². The molecule has 0 unspecified atom stereocenters. The van der Waals surface area contributed by atoms with Gasteiger partial charge in [-0.05, 0) is 41.9 Å². The zero-order valence-corrected chi connectivity index (χ0v) is 11.8. The molecule has 0 amide bonds. The Bertz CT molecular complexity index is 543. The Labute approximate surface area is 111 Å². The van der Waals surface area contributed by atoms with E-state index in [1.807, 2.05) is 0 Å². The van der Waals surface area contributed by atoms with Gasteiger partial charge in [-0.25, -0.2) is 13.4 Å². The van der Waals surface area contributed by atoms with Crippen molar-refractivity contribution >= 4 is 31.6 Å². The molecule has 4 nitrogen and oxygen atoms in total. The molecule has 0 aliphatic rings. The lowest BCUT2D eigenvalue weighted by molar-refractivity contribution is -0.141. The van der Waals surface area contributed by atoms with Gasteiger partial charge in [-0.15, -0.1) is 0 Å². The fourth-order valence-electron chi connectivity index (χ4n) is 0.939. The second kappa shape index (κ2) is 5.04. The van der Waals surface area contributed by atoms with Crippen LogP contribution in [0.15, 0.2) is 16.7 Å². The fourth-order valence-corrected chi connectivity index (χ4v) is 2.20. The number of aromatic nitrogens is 1. The predicted octanol–water partition coefficient (Wildman–Crippen LogP) is 3.01. The first-order chi connectivity index (χ1) is 8.04. The minimum atomic E-state index is -4.57. The number of nitrogens with zero attached hydrogens (tertiary/aromatic N) is 1. The number of rotatable bonds is 3. The predicted molar refractivity (Wildman–Crippen MR) is 64.6 cm³/mol. The van der Waals surface area contributed by atoms with E-state index in [0.717, 1.165) is 6.07 Å². The van der Waals surface area contributed by atoms with E-state index in [1.54, 1.807) is 0 Å². The molecule has 1 aromatic heterocycles. The zero-order chi connectivity index (χ0) is 14.1. The van der Waals surface area contributed by atoms with Crippen LogP contribution in [0.3, 0.4) is 0 Å². The highest BCUT2D eigenvalue weighted by Crippen LogP contribution is 2.31. The Morgan fingerprint density at radius 1 is 1.33 bits per heavy atom. The van der Waals surface area contributed by atoms with Crippen LogP contribution in [-0.2, 0) is 16.2 Å². The van der Waals surface area contributed by atoms with Crippen molar-refractivity contribution in [3.8, 4) is 0 Å². The molecule has 0 bridgehead atoms. The lowest BCUT2D eigenvalue weighted by Gasteiger charge is -2.13. The summed E-state index contributed by atoms with van der Waals surface area (Å²) in [6, 6.07) is 1.72. The van der Waals surface area contributed by atoms with E-state index in [9.17, 15) is 21.6 Å². The summed E-state index contributed by atoms with van der Waals surface area (Å²) >= 11 is 2.80. The van der Waals surface area contributed by atoms with Crippen LogP contribution in [0.2, 0.25) is 0 Å². The first-order valence-electron chi connectivity index (χ1n) is 4.79. The molecule has 0 saturated carbocycles. The molecular formula is C9H10BrF3N2O2S. The average molecular weight is 347 g/mol. The highest BCUT2D eigenvalue weighted by molar-refractivity contribution is 9.10. The van der Waals surface area contributed by atoms with Gasteiger partial charge in [0.2, 0.25) is 10.0 Å². The highest BCUT2D eigenvalue weighted by atomic mass is 79.9. The number of alkyl halides is 3. The third-order valence-electron chi connectivity index (χ3n) is 2.01. The third-order valence-corrected chi connectivity index (χ3v) is 4.36. The SMILES string of the molecule is CC(C)S(=O)(=O)Nc1ccc(C(F)(F)F)nc1Br. The quantitative estimate of drug-likeness (QED) is 0.856. The van der Waals surface area contributed by atoms with E-state index < -0.39 is 27.1 Å². The van der Waals surface area contributed by atoms with Gasteiger partial charge in [0.25, 0.3) is 0 Å². The molecule has 0 radical (unpaired) electrons. The Kier molecular flexibility index (Phi) is 4.26. The van der Waals surface area contributed by atoms with Gasteiger partial charge in [0.05, 0.1) is 10.9 Å². The van der Waals surface area contributed by atoms with Crippen molar-refractivity contribution < 1.29 is 21.6 Å². The molecule has 0 fully saturated rings. The van der Waals surface area contributed by atoms with Gasteiger partial charge in [0.15, 0.2) is 0 Å². The molecule has 0 atom stereocenters. The van der Waals surface area contributed by atoms with Gasteiger partial charge < -0.3 is 0 Å². The zero-order valence-electron chi connectivity index (χ0n) is 9.42. The molecule has 0 saturated heterocycles. The molecule has 102 valence electrons. The smallest absolute Gasteiger partial charge is 0.281 e. The van der Waals surface area contributed by atoms with Crippen LogP contribution in [-0.4, -0.2) is 18.7 Å².